The Kier molecular flexibility index (Phi) is 5.94. The fourth-order valence-electron chi connectivity index (χ4n) is 3.29. The lowest BCUT2D eigenvalue weighted by Gasteiger charge is -2.09. The summed E-state index contributed by atoms with van der Waals surface area (Å²) in [4.78, 5) is 17.1. The van der Waals surface area contributed by atoms with Crippen molar-refractivity contribution < 1.29 is 4.79 Å². The van der Waals surface area contributed by atoms with E-state index in [2.05, 4.69) is 32.7 Å². The van der Waals surface area contributed by atoms with Gasteiger partial charge in [0.2, 0.25) is 0 Å². The summed E-state index contributed by atoms with van der Waals surface area (Å²) in [7, 11) is 0. The van der Waals surface area contributed by atoms with Crippen LogP contribution in [0.4, 0.5) is 0 Å². The van der Waals surface area contributed by atoms with E-state index in [0.717, 1.165) is 29.7 Å². The normalized spacial score (nSPS) is 10.7. The van der Waals surface area contributed by atoms with Gasteiger partial charge in [-0.15, -0.1) is 5.10 Å². The molecule has 4 rings (SSSR count). The highest BCUT2D eigenvalue weighted by molar-refractivity contribution is 5.98. The maximum Gasteiger partial charge on any atom is 0.274 e. The smallest absolute Gasteiger partial charge is 0.274 e. The molecule has 2 aromatic heterocycles. The van der Waals surface area contributed by atoms with Crippen LogP contribution in [0.15, 0.2) is 79.1 Å². The first-order valence-electron chi connectivity index (χ1n) is 9.97. The summed E-state index contributed by atoms with van der Waals surface area (Å²) in [5, 5.41) is 11.4. The van der Waals surface area contributed by atoms with Crippen molar-refractivity contribution in [3.8, 4) is 16.9 Å². The van der Waals surface area contributed by atoms with E-state index in [1.54, 1.807) is 17.1 Å². The van der Waals surface area contributed by atoms with Gasteiger partial charge in [-0.3, -0.25) is 9.78 Å². The van der Waals surface area contributed by atoms with Crippen molar-refractivity contribution in [1.29, 1.82) is 0 Å². The van der Waals surface area contributed by atoms with Gasteiger partial charge in [0.15, 0.2) is 5.69 Å². The van der Waals surface area contributed by atoms with E-state index in [1.807, 2.05) is 61.5 Å². The third-order valence-electron chi connectivity index (χ3n) is 4.87. The summed E-state index contributed by atoms with van der Waals surface area (Å²) < 4.78 is 1.69. The van der Waals surface area contributed by atoms with E-state index in [0.29, 0.717) is 17.9 Å². The van der Waals surface area contributed by atoms with Crippen LogP contribution >= 0.6 is 0 Å². The second kappa shape index (κ2) is 9.13. The fourth-order valence-corrected chi connectivity index (χ4v) is 3.29. The molecule has 1 amide bonds. The van der Waals surface area contributed by atoms with Crippen LogP contribution in [0.25, 0.3) is 16.9 Å². The summed E-state index contributed by atoms with van der Waals surface area (Å²) in [5.41, 5.74) is 4.97. The predicted octanol–water partition coefficient (Wildman–Crippen LogP) is 4.00. The molecule has 6 heteroatoms. The SMILES string of the molecule is Cc1ccc(-n2nnc(C(=O)NCCCc3ccccc3)c2-c2cccnc2)cc1. The van der Waals surface area contributed by atoms with Crippen LogP contribution in [0.1, 0.15) is 28.0 Å². The van der Waals surface area contributed by atoms with Crippen molar-refractivity contribution in [3.05, 3.63) is 95.9 Å². The molecule has 6 nitrogen and oxygen atoms in total. The molecule has 0 aliphatic rings. The van der Waals surface area contributed by atoms with Crippen molar-refractivity contribution in [2.45, 2.75) is 19.8 Å². The van der Waals surface area contributed by atoms with Crippen LogP contribution in [0, 0.1) is 6.92 Å². The van der Waals surface area contributed by atoms with Gasteiger partial charge in [-0.05, 0) is 49.6 Å². The topological polar surface area (TPSA) is 72.7 Å². The van der Waals surface area contributed by atoms with E-state index in [1.165, 1.54) is 5.56 Å². The molecule has 150 valence electrons. The molecule has 1 N–H and O–H groups in total. The molecule has 4 aromatic rings. The molecule has 0 unspecified atom stereocenters. The molecule has 0 saturated carbocycles. The number of carbonyl (C=O) groups is 1. The van der Waals surface area contributed by atoms with Gasteiger partial charge in [0.05, 0.1) is 5.69 Å². The van der Waals surface area contributed by atoms with Crippen molar-refractivity contribution in [2.75, 3.05) is 6.54 Å². The standard InChI is InChI=1S/C24H23N5O/c1-18-11-13-21(14-12-18)29-23(20-10-6-15-25-17-20)22(27-28-29)24(30)26-16-5-9-19-7-3-2-4-8-19/h2-4,6-8,10-15,17H,5,9,16H2,1H3,(H,26,30). The average Bonchev–Trinajstić information content (AvgIpc) is 3.24. The molecule has 2 aromatic carbocycles. The van der Waals surface area contributed by atoms with Gasteiger partial charge in [-0.2, -0.15) is 0 Å². The minimum absolute atomic E-state index is 0.236. The van der Waals surface area contributed by atoms with Crippen LogP contribution in [0.5, 0.6) is 0 Å². The van der Waals surface area contributed by atoms with E-state index in [9.17, 15) is 4.79 Å². The quantitative estimate of drug-likeness (QED) is 0.479. The molecule has 0 fully saturated rings. The molecule has 0 spiro atoms. The lowest BCUT2D eigenvalue weighted by Crippen LogP contribution is -2.25. The number of carbonyl (C=O) groups excluding carboxylic acids is 1. The van der Waals surface area contributed by atoms with Gasteiger partial charge in [-0.25, -0.2) is 4.68 Å². The summed E-state index contributed by atoms with van der Waals surface area (Å²) in [6, 6.07) is 21.9. The summed E-state index contributed by atoms with van der Waals surface area (Å²) in [6.45, 7) is 2.60. The highest BCUT2D eigenvalue weighted by atomic mass is 16.2. The Morgan fingerprint density at radius 2 is 1.80 bits per heavy atom. The Labute approximate surface area is 175 Å². The number of pyridine rings is 1. The number of aromatic nitrogens is 4. The lowest BCUT2D eigenvalue weighted by atomic mass is 10.1. The number of amides is 1. The zero-order chi connectivity index (χ0) is 20.8. The van der Waals surface area contributed by atoms with Gasteiger partial charge in [-0.1, -0.05) is 53.2 Å². The molecular formula is C24H23N5O. The first-order chi connectivity index (χ1) is 14.7. The maximum atomic E-state index is 12.9. The van der Waals surface area contributed by atoms with E-state index in [-0.39, 0.29) is 5.91 Å². The minimum Gasteiger partial charge on any atom is -0.351 e. The van der Waals surface area contributed by atoms with Gasteiger partial charge >= 0.3 is 0 Å². The largest absolute Gasteiger partial charge is 0.351 e. The first-order valence-corrected chi connectivity index (χ1v) is 9.97. The molecule has 2 heterocycles. The zero-order valence-electron chi connectivity index (χ0n) is 16.8. The van der Waals surface area contributed by atoms with Crippen LogP contribution in [-0.4, -0.2) is 32.4 Å². The Balaban J connectivity index is 1.55. The molecule has 0 radical (unpaired) electrons. The second-order valence-corrected chi connectivity index (χ2v) is 7.12. The first kappa shape index (κ1) is 19.5. The van der Waals surface area contributed by atoms with Crippen LogP contribution < -0.4 is 5.32 Å². The predicted molar refractivity (Wildman–Crippen MR) is 116 cm³/mol. The zero-order valence-corrected chi connectivity index (χ0v) is 16.8. The lowest BCUT2D eigenvalue weighted by molar-refractivity contribution is 0.0949. The molecule has 30 heavy (non-hydrogen) atoms. The van der Waals surface area contributed by atoms with E-state index in [4.69, 9.17) is 0 Å². The molecule has 0 atom stereocenters. The fraction of sp³-hybridized carbons (Fsp3) is 0.167. The molecule has 0 bridgehead atoms. The summed E-state index contributed by atoms with van der Waals surface area (Å²) in [6.07, 6.45) is 5.18. The van der Waals surface area contributed by atoms with Crippen LogP contribution in [-0.2, 0) is 6.42 Å². The van der Waals surface area contributed by atoms with Gasteiger partial charge in [0.1, 0.15) is 5.69 Å². The van der Waals surface area contributed by atoms with Crippen molar-refractivity contribution >= 4 is 5.91 Å². The van der Waals surface area contributed by atoms with Crippen molar-refractivity contribution in [2.24, 2.45) is 0 Å². The maximum absolute atomic E-state index is 12.9. The third-order valence-corrected chi connectivity index (χ3v) is 4.87. The van der Waals surface area contributed by atoms with Gasteiger partial charge in [0, 0.05) is 24.5 Å². The molecule has 0 aliphatic carbocycles. The number of nitrogens with one attached hydrogen (secondary N) is 1. The Morgan fingerprint density at radius 3 is 2.53 bits per heavy atom. The Morgan fingerprint density at radius 1 is 1.00 bits per heavy atom. The summed E-state index contributed by atoms with van der Waals surface area (Å²) in [5.74, 6) is -0.236. The highest BCUT2D eigenvalue weighted by Crippen LogP contribution is 2.24. The average molecular weight is 397 g/mol. The molecule has 0 saturated heterocycles. The van der Waals surface area contributed by atoms with Gasteiger partial charge < -0.3 is 5.32 Å². The van der Waals surface area contributed by atoms with E-state index >= 15 is 0 Å². The van der Waals surface area contributed by atoms with Crippen LogP contribution in [0.3, 0.4) is 0 Å². The Hall–Kier alpha value is -3.80. The molecule has 0 aliphatic heterocycles. The minimum atomic E-state index is -0.236. The van der Waals surface area contributed by atoms with Crippen molar-refractivity contribution in [1.82, 2.24) is 25.3 Å². The number of aryl methyl sites for hydroxylation is 2. The molecular weight excluding hydrogens is 374 g/mol. The Bertz CT molecular complexity index is 1110. The van der Waals surface area contributed by atoms with Crippen molar-refractivity contribution in [3.63, 3.8) is 0 Å². The third kappa shape index (κ3) is 4.43. The number of benzene rings is 2. The number of rotatable bonds is 7. The van der Waals surface area contributed by atoms with E-state index < -0.39 is 0 Å². The highest BCUT2D eigenvalue weighted by Gasteiger charge is 2.22. The number of nitrogens with zero attached hydrogens (tertiary/aromatic N) is 4. The summed E-state index contributed by atoms with van der Waals surface area (Å²) >= 11 is 0. The monoisotopic (exact) mass is 397 g/mol. The van der Waals surface area contributed by atoms with Gasteiger partial charge in [0.25, 0.3) is 5.91 Å². The van der Waals surface area contributed by atoms with Crippen LogP contribution in [0.2, 0.25) is 0 Å². The number of hydrogen-bond acceptors (Lipinski definition) is 4. The second-order valence-electron chi connectivity index (χ2n) is 7.12. The number of hydrogen-bond donors (Lipinski definition) is 1.